The molecule has 2 aromatic rings. The van der Waals surface area contributed by atoms with Gasteiger partial charge in [-0.3, -0.25) is 4.79 Å². The Morgan fingerprint density at radius 3 is 2.29 bits per heavy atom. The Morgan fingerprint density at radius 2 is 1.76 bits per heavy atom. The molecule has 1 heterocycles. The summed E-state index contributed by atoms with van der Waals surface area (Å²) in [4.78, 5) is 11.2. The molecule has 0 aliphatic heterocycles. The zero-order valence-electron chi connectivity index (χ0n) is 9.37. The first-order valence-electron chi connectivity index (χ1n) is 4.99. The Kier molecular flexibility index (Phi) is 3.22. The van der Waals surface area contributed by atoms with Crippen molar-refractivity contribution in [2.75, 3.05) is 0 Å². The van der Waals surface area contributed by atoms with Crippen molar-refractivity contribution in [2.24, 2.45) is 7.05 Å². The van der Waals surface area contributed by atoms with Gasteiger partial charge in [0, 0.05) is 28.7 Å². The fraction of sp³-hybridized carbons (Fsp3) is 0.167. The molecule has 0 aliphatic rings. The third-order valence-electron chi connectivity index (χ3n) is 2.54. The van der Waals surface area contributed by atoms with Crippen LogP contribution in [0.25, 0.3) is 11.3 Å². The molecule has 0 saturated heterocycles. The molecule has 0 unspecified atom stereocenters. The van der Waals surface area contributed by atoms with Crippen molar-refractivity contribution < 1.29 is 0 Å². The maximum Gasteiger partial charge on any atom is 0.266 e. The standard InChI is InChI=1S/C12H10Cl2N2O/c1-7-9(13)5-8(6-10(7)14)11-3-4-12(17)16(2)15-11/h3-6H,1-2H3. The molecule has 3 nitrogen and oxygen atoms in total. The summed E-state index contributed by atoms with van der Waals surface area (Å²) in [5, 5.41) is 5.31. The molecule has 17 heavy (non-hydrogen) atoms. The van der Waals surface area contributed by atoms with Crippen molar-refractivity contribution in [3.63, 3.8) is 0 Å². The number of hydrogen-bond acceptors (Lipinski definition) is 2. The summed E-state index contributed by atoms with van der Waals surface area (Å²) in [5.74, 6) is 0. The van der Waals surface area contributed by atoms with Crippen LogP contribution in [0.4, 0.5) is 0 Å². The predicted molar refractivity (Wildman–Crippen MR) is 69.7 cm³/mol. The monoisotopic (exact) mass is 268 g/mol. The van der Waals surface area contributed by atoms with Crippen LogP contribution in [0.15, 0.2) is 29.1 Å². The predicted octanol–water partition coefficient (Wildman–Crippen LogP) is 3.06. The number of aromatic nitrogens is 2. The molecule has 0 atom stereocenters. The van der Waals surface area contributed by atoms with Crippen LogP contribution in [0.5, 0.6) is 0 Å². The van der Waals surface area contributed by atoms with E-state index in [0.717, 1.165) is 11.1 Å². The van der Waals surface area contributed by atoms with E-state index in [2.05, 4.69) is 5.10 Å². The van der Waals surface area contributed by atoms with E-state index in [9.17, 15) is 4.79 Å². The summed E-state index contributed by atoms with van der Waals surface area (Å²) >= 11 is 12.1. The van der Waals surface area contributed by atoms with Gasteiger partial charge in [-0.25, -0.2) is 4.68 Å². The van der Waals surface area contributed by atoms with E-state index < -0.39 is 0 Å². The molecule has 88 valence electrons. The van der Waals surface area contributed by atoms with Gasteiger partial charge < -0.3 is 0 Å². The Balaban J connectivity index is 2.61. The number of nitrogens with zero attached hydrogens (tertiary/aromatic N) is 2. The fourth-order valence-corrected chi connectivity index (χ4v) is 1.94. The smallest absolute Gasteiger partial charge is 0.266 e. The lowest BCUT2D eigenvalue weighted by Gasteiger charge is -2.06. The highest BCUT2D eigenvalue weighted by molar-refractivity contribution is 6.36. The lowest BCUT2D eigenvalue weighted by Crippen LogP contribution is -2.18. The normalized spacial score (nSPS) is 10.6. The summed E-state index contributed by atoms with van der Waals surface area (Å²) in [7, 11) is 1.60. The van der Waals surface area contributed by atoms with Gasteiger partial charge in [0.25, 0.3) is 5.56 Å². The molecule has 1 aromatic carbocycles. The van der Waals surface area contributed by atoms with E-state index in [-0.39, 0.29) is 5.56 Å². The molecule has 0 spiro atoms. The van der Waals surface area contributed by atoms with Crippen molar-refractivity contribution >= 4 is 23.2 Å². The minimum absolute atomic E-state index is 0.155. The second-order valence-corrected chi connectivity index (χ2v) is 4.56. The molecule has 0 bridgehead atoms. The number of benzene rings is 1. The second kappa shape index (κ2) is 4.51. The largest absolute Gasteiger partial charge is 0.268 e. The third kappa shape index (κ3) is 2.35. The zero-order valence-corrected chi connectivity index (χ0v) is 10.9. The fourth-order valence-electron chi connectivity index (χ4n) is 1.45. The van der Waals surface area contributed by atoms with Crippen LogP contribution < -0.4 is 5.56 Å². The molecule has 0 N–H and O–H groups in total. The maximum absolute atomic E-state index is 11.2. The van der Waals surface area contributed by atoms with Crippen LogP contribution >= 0.6 is 23.2 Å². The quantitative estimate of drug-likeness (QED) is 0.797. The van der Waals surface area contributed by atoms with Gasteiger partial charge in [0.1, 0.15) is 0 Å². The van der Waals surface area contributed by atoms with Gasteiger partial charge in [0.15, 0.2) is 0 Å². The number of aryl methyl sites for hydroxylation is 1. The molecule has 1 aromatic heterocycles. The molecule has 2 rings (SSSR count). The first-order valence-corrected chi connectivity index (χ1v) is 5.75. The van der Waals surface area contributed by atoms with Gasteiger partial charge in [-0.1, -0.05) is 23.2 Å². The number of halogens is 2. The Morgan fingerprint density at radius 1 is 1.18 bits per heavy atom. The topological polar surface area (TPSA) is 34.9 Å². The van der Waals surface area contributed by atoms with Gasteiger partial charge in [-0.05, 0) is 30.7 Å². The number of rotatable bonds is 1. The van der Waals surface area contributed by atoms with E-state index >= 15 is 0 Å². The Labute approximate surface area is 109 Å². The van der Waals surface area contributed by atoms with Crippen LogP contribution in [0.3, 0.4) is 0 Å². The van der Waals surface area contributed by atoms with Gasteiger partial charge in [-0.2, -0.15) is 5.10 Å². The van der Waals surface area contributed by atoms with E-state index in [0.29, 0.717) is 15.7 Å². The van der Waals surface area contributed by atoms with Crippen molar-refractivity contribution in [1.82, 2.24) is 9.78 Å². The van der Waals surface area contributed by atoms with Crippen molar-refractivity contribution in [3.8, 4) is 11.3 Å². The highest BCUT2D eigenvalue weighted by Gasteiger charge is 2.07. The molecule has 0 radical (unpaired) electrons. The number of hydrogen-bond donors (Lipinski definition) is 0. The average Bonchev–Trinajstić information content (AvgIpc) is 2.29. The summed E-state index contributed by atoms with van der Waals surface area (Å²) in [6.45, 7) is 1.85. The summed E-state index contributed by atoms with van der Waals surface area (Å²) in [6, 6.07) is 6.69. The van der Waals surface area contributed by atoms with E-state index in [1.54, 1.807) is 25.2 Å². The molecule has 0 amide bonds. The minimum atomic E-state index is -0.155. The Hall–Kier alpha value is -1.32. The summed E-state index contributed by atoms with van der Waals surface area (Å²) in [6.07, 6.45) is 0. The first-order chi connectivity index (χ1) is 7.99. The molecule has 0 fully saturated rings. The molecular formula is C12H10Cl2N2O. The molecular weight excluding hydrogens is 259 g/mol. The summed E-state index contributed by atoms with van der Waals surface area (Å²) < 4.78 is 1.27. The van der Waals surface area contributed by atoms with Crippen molar-refractivity contribution in [3.05, 3.63) is 50.2 Å². The van der Waals surface area contributed by atoms with Gasteiger partial charge in [0.2, 0.25) is 0 Å². The first kappa shape index (κ1) is 12.1. The maximum atomic E-state index is 11.2. The zero-order chi connectivity index (χ0) is 12.6. The van der Waals surface area contributed by atoms with Gasteiger partial charge in [0.05, 0.1) is 5.69 Å². The third-order valence-corrected chi connectivity index (χ3v) is 3.32. The van der Waals surface area contributed by atoms with E-state index in [4.69, 9.17) is 23.2 Å². The molecule has 5 heteroatoms. The highest BCUT2D eigenvalue weighted by Crippen LogP contribution is 2.29. The van der Waals surface area contributed by atoms with E-state index in [1.165, 1.54) is 10.7 Å². The minimum Gasteiger partial charge on any atom is -0.268 e. The van der Waals surface area contributed by atoms with Crippen LogP contribution in [0.1, 0.15) is 5.56 Å². The van der Waals surface area contributed by atoms with Crippen molar-refractivity contribution in [1.29, 1.82) is 0 Å². The van der Waals surface area contributed by atoms with Crippen molar-refractivity contribution in [2.45, 2.75) is 6.92 Å². The SMILES string of the molecule is Cc1c(Cl)cc(-c2ccc(=O)n(C)n2)cc1Cl. The summed E-state index contributed by atoms with van der Waals surface area (Å²) in [5.41, 5.74) is 2.14. The van der Waals surface area contributed by atoms with Gasteiger partial charge in [-0.15, -0.1) is 0 Å². The Bertz CT molecular complexity index is 612. The lowest BCUT2D eigenvalue weighted by atomic mass is 10.1. The van der Waals surface area contributed by atoms with Gasteiger partial charge >= 0.3 is 0 Å². The van der Waals surface area contributed by atoms with Crippen LogP contribution in [-0.4, -0.2) is 9.78 Å². The van der Waals surface area contributed by atoms with Crippen LogP contribution in [0.2, 0.25) is 10.0 Å². The second-order valence-electron chi connectivity index (χ2n) is 3.75. The molecule has 0 aliphatic carbocycles. The molecule has 0 saturated carbocycles. The van der Waals surface area contributed by atoms with Crippen LogP contribution in [-0.2, 0) is 7.05 Å². The lowest BCUT2D eigenvalue weighted by molar-refractivity contribution is 0.712. The van der Waals surface area contributed by atoms with E-state index in [1.807, 2.05) is 6.92 Å². The average molecular weight is 269 g/mol. The highest BCUT2D eigenvalue weighted by atomic mass is 35.5. The van der Waals surface area contributed by atoms with Crippen LogP contribution in [0, 0.1) is 6.92 Å².